The van der Waals surface area contributed by atoms with Gasteiger partial charge in [0.2, 0.25) is 0 Å². The summed E-state index contributed by atoms with van der Waals surface area (Å²) >= 11 is 0. The second kappa shape index (κ2) is 2.37. The molecule has 1 aliphatic heterocycles. The zero-order valence-electron chi connectivity index (χ0n) is 7.29. The fourth-order valence-corrected chi connectivity index (χ4v) is 1.42. The molecular weight excluding hydrogens is 152 g/mol. The van der Waals surface area contributed by atoms with Gasteiger partial charge in [0.25, 0.3) is 5.91 Å². The molecule has 0 unspecified atom stereocenters. The highest BCUT2D eigenvalue weighted by Crippen LogP contribution is 2.19. The van der Waals surface area contributed by atoms with E-state index in [1.807, 2.05) is 16.8 Å². The van der Waals surface area contributed by atoms with E-state index >= 15 is 0 Å². The minimum Gasteiger partial charge on any atom is -0.333 e. The maximum atomic E-state index is 11.2. The van der Waals surface area contributed by atoms with Crippen molar-refractivity contribution in [1.29, 1.82) is 0 Å². The first-order chi connectivity index (χ1) is 5.68. The van der Waals surface area contributed by atoms with Gasteiger partial charge in [-0.3, -0.25) is 4.79 Å². The molecule has 2 rings (SSSR count). The van der Waals surface area contributed by atoms with Crippen LogP contribution in [-0.2, 0) is 6.67 Å². The first kappa shape index (κ1) is 7.40. The summed E-state index contributed by atoms with van der Waals surface area (Å²) in [5.41, 5.74) is 2.03. The molecular formula is C9H12N2O. The number of hydrogen-bond acceptors (Lipinski definition) is 1. The van der Waals surface area contributed by atoms with Crippen molar-refractivity contribution in [2.45, 2.75) is 26.4 Å². The van der Waals surface area contributed by atoms with Gasteiger partial charge in [0, 0.05) is 6.20 Å². The van der Waals surface area contributed by atoms with Gasteiger partial charge in [-0.1, -0.05) is 13.8 Å². The number of carbonyl (C=O) groups excluding carboxylic acids is 1. The minimum atomic E-state index is 0.0434. The molecule has 3 nitrogen and oxygen atoms in total. The lowest BCUT2D eigenvalue weighted by Crippen LogP contribution is -2.13. The van der Waals surface area contributed by atoms with Gasteiger partial charge >= 0.3 is 0 Å². The highest BCUT2D eigenvalue weighted by Gasteiger charge is 2.19. The van der Waals surface area contributed by atoms with Crippen molar-refractivity contribution in [3.05, 3.63) is 23.5 Å². The van der Waals surface area contributed by atoms with Gasteiger partial charge in [-0.25, -0.2) is 0 Å². The Kier molecular flexibility index (Phi) is 1.46. The summed E-state index contributed by atoms with van der Waals surface area (Å²) in [5.74, 6) is 0.540. The van der Waals surface area contributed by atoms with Gasteiger partial charge in [0.1, 0.15) is 5.69 Å². The van der Waals surface area contributed by atoms with Crippen LogP contribution in [0.1, 0.15) is 35.8 Å². The number of carbonyl (C=O) groups is 1. The van der Waals surface area contributed by atoms with Crippen LogP contribution in [-0.4, -0.2) is 10.5 Å². The minimum absolute atomic E-state index is 0.0434. The van der Waals surface area contributed by atoms with Crippen molar-refractivity contribution >= 4 is 5.91 Å². The molecule has 1 N–H and O–H groups in total. The molecule has 64 valence electrons. The van der Waals surface area contributed by atoms with Crippen molar-refractivity contribution < 1.29 is 4.79 Å². The fourth-order valence-electron chi connectivity index (χ4n) is 1.42. The maximum absolute atomic E-state index is 11.2. The molecule has 0 saturated heterocycles. The number of hydrogen-bond donors (Lipinski definition) is 1. The molecule has 12 heavy (non-hydrogen) atoms. The standard InChI is InChI=1S/C9H12N2O/c1-6(2)7-3-8-9(12)10-5-11(8)4-7/h3-4,6H,5H2,1-2H3,(H,10,12). The Hall–Kier alpha value is -1.25. The zero-order valence-corrected chi connectivity index (χ0v) is 7.29. The fraction of sp³-hybridized carbons (Fsp3) is 0.444. The average Bonchev–Trinajstić information content (AvgIpc) is 2.53. The van der Waals surface area contributed by atoms with Crippen LogP contribution in [0, 0.1) is 0 Å². The Labute approximate surface area is 71.4 Å². The van der Waals surface area contributed by atoms with Crippen molar-refractivity contribution in [3.8, 4) is 0 Å². The lowest BCUT2D eigenvalue weighted by molar-refractivity contribution is 0.0965. The van der Waals surface area contributed by atoms with Crippen molar-refractivity contribution in [3.63, 3.8) is 0 Å². The Balaban J connectivity index is 2.43. The molecule has 0 saturated carbocycles. The molecule has 2 heterocycles. The van der Waals surface area contributed by atoms with Crippen LogP contribution in [0.2, 0.25) is 0 Å². The Bertz CT molecular complexity index is 325. The number of fused-ring (bicyclic) bond motifs is 1. The molecule has 0 spiro atoms. The van der Waals surface area contributed by atoms with Gasteiger partial charge in [-0.15, -0.1) is 0 Å². The normalized spacial score (nSPS) is 15.1. The number of rotatable bonds is 1. The van der Waals surface area contributed by atoms with E-state index in [-0.39, 0.29) is 5.91 Å². The van der Waals surface area contributed by atoms with Crippen LogP contribution in [0.3, 0.4) is 0 Å². The van der Waals surface area contributed by atoms with E-state index in [9.17, 15) is 4.79 Å². The molecule has 0 bridgehead atoms. The lowest BCUT2D eigenvalue weighted by atomic mass is 10.1. The van der Waals surface area contributed by atoms with E-state index in [0.717, 1.165) is 5.69 Å². The molecule has 1 aromatic rings. The smallest absolute Gasteiger partial charge is 0.269 e. The molecule has 3 heteroatoms. The van der Waals surface area contributed by atoms with Crippen LogP contribution in [0.15, 0.2) is 12.3 Å². The molecule has 0 fully saturated rings. The highest BCUT2D eigenvalue weighted by atomic mass is 16.2. The number of aromatic nitrogens is 1. The van der Waals surface area contributed by atoms with Crippen LogP contribution in [0.5, 0.6) is 0 Å². The van der Waals surface area contributed by atoms with E-state index < -0.39 is 0 Å². The Morgan fingerprint density at radius 2 is 2.33 bits per heavy atom. The topological polar surface area (TPSA) is 34.0 Å². The third kappa shape index (κ3) is 0.932. The monoisotopic (exact) mass is 164 g/mol. The van der Waals surface area contributed by atoms with E-state index in [1.165, 1.54) is 5.56 Å². The molecule has 0 radical (unpaired) electrons. The molecule has 1 aromatic heterocycles. The van der Waals surface area contributed by atoms with Gasteiger partial charge in [0.15, 0.2) is 0 Å². The molecule has 0 aromatic carbocycles. The van der Waals surface area contributed by atoms with Crippen molar-refractivity contribution in [2.75, 3.05) is 0 Å². The predicted octanol–water partition coefficient (Wildman–Crippen LogP) is 1.31. The van der Waals surface area contributed by atoms with Gasteiger partial charge < -0.3 is 9.88 Å². The van der Waals surface area contributed by atoms with Crippen LogP contribution >= 0.6 is 0 Å². The molecule has 1 aliphatic rings. The summed E-state index contributed by atoms with van der Waals surface area (Å²) in [5, 5.41) is 2.76. The van der Waals surface area contributed by atoms with Crippen LogP contribution < -0.4 is 5.32 Å². The summed E-state index contributed by atoms with van der Waals surface area (Å²) < 4.78 is 1.96. The van der Waals surface area contributed by atoms with Crippen LogP contribution in [0.4, 0.5) is 0 Å². The van der Waals surface area contributed by atoms with E-state index in [1.54, 1.807) is 0 Å². The summed E-state index contributed by atoms with van der Waals surface area (Å²) in [6, 6.07) is 1.97. The lowest BCUT2D eigenvalue weighted by Gasteiger charge is -1.99. The molecule has 0 atom stereocenters. The average molecular weight is 164 g/mol. The number of nitrogens with one attached hydrogen (secondary N) is 1. The summed E-state index contributed by atoms with van der Waals surface area (Å²) in [7, 11) is 0. The third-order valence-electron chi connectivity index (χ3n) is 2.23. The SMILES string of the molecule is CC(C)c1cc2n(c1)CNC2=O. The van der Waals surface area contributed by atoms with Gasteiger partial charge in [0.05, 0.1) is 6.67 Å². The van der Waals surface area contributed by atoms with E-state index in [4.69, 9.17) is 0 Å². The highest BCUT2D eigenvalue weighted by molar-refractivity contribution is 5.94. The largest absolute Gasteiger partial charge is 0.333 e. The second-order valence-corrected chi connectivity index (χ2v) is 3.45. The second-order valence-electron chi connectivity index (χ2n) is 3.45. The number of amides is 1. The summed E-state index contributed by atoms with van der Waals surface area (Å²) in [4.78, 5) is 11.2. The summed E-state index contributed by atoms with van der Waals surface area (Å²) in [6.45, 7) is 4.88. The molecule has 0 aliphatic carbocycles. The third-order valence-corrected chi connectivity index (χ3v) is 2.23. The predicted molar refractivity (Wildman–Crippen MR) is 46.0 cm³/mol. The maximum Gasteiger partial charge on any atom is 0.269 e. The van der Waals surface area contributed by atoms with Crippen LogP contribution in [0.25, 0.3) is 0 Å². The zero-order chi connectivity index (χ0) is 8.72. The van der Waals surface area contributed by atoms with Gasteiger partial charge in [-0.2, -0.15) is 0 Å². The van der Waals surface area contributed by atoms with Crippen molar-refractivity contribution in [1.82, 2.24) is 9.88 Å². The van der Waals surface area contributed by atoms with E-state index in [0.29, 0.717) is 12.6 Å². The molecule has 1 amide bonds. The first-order valence-corrected chi connectivity index (χ1v) is 4.17. The Morgan fingerprint density at radius 1 is 1.58 bits per heavy atom. The Morgan fingerprint density at radius 3 is 2.92 bits per heavy atom. The quantitative estimate of drug-likeness (QED) is 0.667. The van der Waals surface area contributed by atoms with Gasteiger partial charge in [-0.05, 0) is 17.5 Å². The summed E-state index contributed by atoms with van der Waals surface area (Å²) in [6.07, 6.45) is 2.04. The van der Waals surface area contributed by atoms with E-state index in [2.05, 4.69) is 19.2 Å². The first-order valence-electron chi connectivity index (χ1n) is 4.17. The number of nitrogens with zero attached hydrogens (tertiary/aromatic N) is 1. The van der Waals surface area contributed by atoms with Crippen molar-refractivity contribution in [2.24, 2.45) is 0 Å².